The van der Waals surface area contributed by atoms with E-state index >= 15 is 0 Å². The maximum atomic E-state index is 12.8. The molecule has 2 fully saturated rings. The van der Waals surface area contributed by atoms with E-state index in [9.17, 15) is 4.79 Å². The van der Waals surface area contributed by atoms with Crippen LogP contribution in [0.2, 0.25) is 0 Å². The zero-order valence-electron chi connectivity index (χ0n) is 17.9. The van der Waals surface area contributed by atoms with Crippen molar-refractivity contribution in [2.75, 3.05) is 52.2 Å². The SMILES string of the molecule is COc1cc2c(cc1/C=C1\SC(=Nc3ccc(N4CCOCC4)cc3)N(C)C1=O)OCO2. The van der Waals surface area contributed by atoms with Gasteiger partial charge in [0.25, 0.3) is 5.91 Å². The Morgan fingerprint density at radius 2 is 1.81 bits per heavy atom. The minimum absolute atomic E-state index is 0.113. The van der Waals surface area contributed by atoms with E-state index in [2.05, 4.69) is 17.0 Å². The number of fused-ring (bicyclic) bond motifs is 1. The Kier molecular flexibility index (Phi) is 5.67. The second-order valence-corrected chi connectivity index (χ2v) is 8.44. The van der Waals surface area contributed by atoms with Crippen LogP contribution in [0.3, 0.4) is 0 Å². The Balaban J connectivity index is 1.37. The maximum absolute atomic E-state index is 12.8. The zero-order valence-corrected chi connectivity index (χ0v) is 18.7. The van der Waals surface area contributed by atoms with Gasteiger partial charge in [-0.3, -0.25) is 9.69 Å². The molecule has 0 N–H and O–H groups in total. The Morgan fingerprint density at radius 3 is 2.53 bits per heavy atom. The van der Waals surface area contributed by atoms with Crippen molar-refractivity contribution >= 4 is 40.3 Å². The fourth-order valence-electron chi connectivity index (χ4n) is 3.69. The van der Waals surface area contributed by atoms with Gasteiger partial charge in [0.2, 0.25) is 6.79 Å². The van der Waals surface area contributed by atoms with Gasteiger partial charge in [0.05, 0.1) is 30.9 Å². The number of nitrogens with zero attached hydrogens (tertiary/aromatic N) is 3. The van der Waals surface area contributed by atoms with Crippen LogP contribution < -0.4 is 19.1 Å². The standard InChI is InChI=1S/C23H23N3O5S/c1-25-22(27)21(12-15-11-19-20(31-14-30-19)13-18(15)28-2)32-23(25)24-16-3-5-17(6-4-16)26-7-9-29-10-8-26/h3-6,11-13H,7-10,14H2,1-2H3/b21-12-,24-23?. The van der Waals surface area contributed by atoms with Crippen LogP contribution in [-0.2, 0) is 9.53 Å². The molecule has 9 heteroatoms. The van der Waals surface area contributed by atoms with E-state index in [1.807, 2.05) is 18.2 Å². The number of carbonyl (C=O) groups is 1. The lowest BCUT2D eigenvalue weighted by atomic mass is 10.1. The number of hydrogen-bond acceptors (Lipinski definition) is 8. The first kappa shape index (κ1) is 20.7. The molecule has 0 spiro atoms. The summed E-state index contributed by atoms with van der Waals surface area (Å²) < 4.78 is 21.7. The highest BCUT2D eigenvalue weighted by molar-refractivity contribution is 8.18. The van der Waals surface area contributed by atoms with Gasteiger partial charge in [-0.1, -0.05) is 0 Å². The van der Waals surface area contributed by atoms with Crippen LogP contribution in [0.1, 0.15) is 5.56 Å². The first-order valence-electron chi connectivity index (χ1n) is 10.3. The smallest absolute Gasteiger partial charge is 0.266 e. The fraction of sp³-hybridized carbons (Fsp3) is 0.304. The number of hydrogen-bond donors (Lipinski definition) is 0. The van der Waals surface area contributed by atoms with Crippen LogP contribution in [0.25, 0.3) is 6.08 Å². The maximum Gasteiger partial charge on any atom is 0.266 e. The van der Waals surface area contributed by atoms with Crippen LogP contribution >= 0.6 is 11.8 Å². The van der Waals surface area contributed by atoms with Crippen molar-refractivity contribution < 1.29 is 23.7 Å². The average molecular weight is 454 g/mol. The molecule has 0 saturated carbocycles. The third-order valence-electron chi connectivity index (χ3n) is 5.47. The van der Waals surface area contributed by atoms with Crippen LogP contribution in [-0.4, -0.2) is 63.2 Å². The van der Waals surface area contributed by atoms with Crippen LogP contribution in [0.15, 0.2) is 46.3 Å². The van der Waals surface area contributed by atoms with Gasteiger partial charge in [-0.15, -0.1) is 0 Å². The number of methoxy groups -OCH3 is 1. The molecule has 0 bridgehead atoms. The summed E-state index contributed by atoms with van der Waals surface area (Å²) in [6.07, 6.45) is 1.80. The minimum Gasteiger partial charge on any atom is -0.496 e. The highest BCUT2D eigenvalue weighted by Crippen LogP contribution is 2.41. The molecule has 2 aromatic rings. The molecule has 0 aromatic heterocycles. The number of morpholine rings is 1. The van der Waals surface area contributed by atoms with Gasteiger partial charge >= 0.3 is 0 Å². The predicted molar refractivity (Wildman–Crippen MR) is 124 cm³/mol. The van der Waals surface area contributed by atoms with Crippen LogP contribution in [0.5, 0.6) is 17.2 Å². The number of carbonyl (C=O) groups excluding carboxylic acids is 1. The highest BCUT2D eigenvalue weighted by atomic mass is 32.2. The zero-order chi connectivity index (χ0) is 22.1. The topological polar surface area (TPSA) is 72.8 Å². The van der Waals surface area contributed by atoms with Gasteiger partial charge in [0, 0.05) is 37.5 Å². The molecule has 3 aliphatic rings. The lowest BCUT2D eigenvalue weighted by Gasteiger charge is -2.28. The van der Waals surface area contributed by atoms with E-state index in [-0.39, 0.29) is 12.7 Å². The molecule has 1 amide bonds. The van der Waals surface area contributed by atoms with Gasteiger partial charge in [0.15, 0.2) is 16.7 Å². The van der Waals surface area contributed by atoms with Gasteiger partial charge in [-0.2, -0.15) is 0 Å². The van der Waals surface area contributed by atoms with Crippen molar-refractivity contribution in [2.24, 2.45) is 4.99 Å². The number of rotatable bonds is 4. The number of ether oxygens (including phenoxy) is 4. The molecule has 8 nitrogen and oxygen atoms in total. The van der Waals surface area contributed by atoms with E-state index < -0.39 is 0 Å². The van der Waals surface area contributed by atoms with Crippen LogP contribution in [0.4, 0.5) is 11.4 Å². The Labute approximate surface area is 190 Å². The molecule has 5 rings (SSSR count). The number of amidine groups is 1. The molecule has 2 aromatic carbocycles. The molecule has 32 heavy (non-hydrogen) atoms. The Hall–Kier alpha value is -3.17. The molecule has 166 valence electrons. The molecule has 2 saturated heterocycles. The molecule has 0 unspecified atom stereocenters. The van der Waals surface area contributed by atoms with Crippen LogP contribution in [0, 0.1) is 0 Å². The second-order valence-electron chi connectivity index (χ2n) is 7.43. The Bertz CT molecular complexity index is 1090. The number of anilines is 1. The lowest BCUT2D eigenvalue weighted by molar-refractivity contribution is -0.121. The summed E-state index contributed by atoms with van der Waals surface area (Å²) in [5, 5.41) is 0.625. The molecule has 0 radical (unpaired) electrons. The van der Waals surface area contributed by atoms with Gasteiger partial charge in [-0.25, -0.2) is 4.99 Å². The summed E-state index contributed by atoms with van der Waals surface area (Å²) in [7, 11) is 3.32. The summed E-state index contributed by atoms with van der Waals surface area (Å²) in [4.78, 5) is 22.0. The van der Waals surface area contributed by atoms with Crippen molar-refractivity contribution in [2.45, 2.75) is 0 Å². The molecular weight excluding hydrogens is 430 g/mol. The number of benzene rings is 2. The van der Waals surface area contributed by atoms with E-state index in [0.717, 1.165) is 43.2 Å². The van der Waals surface area contributed by atoms with Gasteiger partial charge in [-0.05, 0) is 48.2 Å². The summed E-state index contributed by atoms with van der Waals surface area (Å²) >= 11 is 1.33. The largest absolute Gasteiger partial charge is 0.496 e. The molecular formula is C23H23N3O5S. The molecule has 3 aliphatic heterocycles. The average Bonchev–Trinajstić information content (AvgIpc) is 3.39. The number of thioether (sulfide) groups is 1. The summed E-state index contributed by atoms with van der Waals surface area (Å²) in [5.41, 5.74) is 2.69. The second kappa shape index (κ2) is 8.76. The fourth-order valence-corrected chi connectivity index (χ4v) is 4.67. The third kappa shape index (κ3) is 4.01. The minimum atomic E-state index is -0.113. The van der Waals surface area contributed by atoms with Crippen molar-refractivity contribution in [3.05, 3.63) is 46.9 Å². The van der Waals surface area contributed by atoms with Crippen molar-refractivity contribution in [1.82, 2.24) is 4.90 Å². The molecule has 0 aliphatic carbocycles. The number of likely N-dealkylation sites (N-methyl/N-ethyl adjacent to an activating group) is 1. The molecule has 0 atom stereocenters. The summed E-state index contributed by atoms with van der Waals surface area (Å²) in [6, 6.07) is 11.6. The lowest BCUT2D eigenvalue weighted by Crippen LogP contribution is -2.36. The highest BCUT2D eigenvalue weighted by Gasteiger charge is 2.31. The summed E-state index contributed by atoms with van der Waals surface area (Å²) in [6.45, 7) is 3.45. The van der Waals surface area contributed by atoms with E-state index in [4.69, 9.17) is 23.9 Å². The first-order chi connectivity index (χ1) is 15.6. The monoisotopic (exact) mass is 453 g/mol. The quantitative estimate of drug-likeness (QED) is 0.656. The van der Waals surface area contributed by atoms with Crippen molar-refractivity contribution in [1.29, 1.82) is 0 Å². The summed E-state index contributed by atoms with van der Waals surface area (Å²) in [5.74, 6) is 1.77. The number of amides is 1. The van der Waals surface area contributed by atoms with Crippen molar-refractivity contribution in [3.8, 4) is 17.2 Å². The van der Waals surface area contributed by atoms with E-state index in [1.54, 1.807) is 31.2 Å². The normalized spacial score (nSPS) is 20.5. The van der Waals surface area contributed by atoms with Gasteiger partial charge < -0.3 is 23.8 Å². The van der Waals surface area contributed by atoms with Gasteiger partial charge in [0.1, 0.15) is 5.75 Å². The predicted octanol–water partition coefficient (Wildman–Crippen LogP) is 3.49. The number of aliphatic imine (C=N–C) groups is 1. The van der Waals surface area contributed by atoms with Crippen molar-refractivity contribution in [3.63, 3.8) is 0 Å². The molecule has 3 heterocycles. The van der Waals surface area contributed by atoms with E-state index in [0.29, 0.717) is 27.3 Å². The first-order valence-corrected chi connectivity index (χ1v) is 11.1. The third-order valence-corrected chi connectivity index (χ3v) is 6.53. The Morgan fingerprint density at radius 1 is 1.09 bits per heavy atom. The van der Waals surface area contributed by atoms with E-state index in [1.165, 1.54) is 11.8 Å².